The van der Waals surface area contributed by atoms with Gasteiger partial charge in [-0.2, -0.15) is 0 Å². The molecule has 4 nitrogen and oxygen atoms in total. The summed E-state index contributed by atoms with van der Waals surface area (Å²) in [6, 6.07) is 0. The van der Waals surface area contributed by atoms with E-state index in [0.717, 1.165) is 6.42 Å². The second-order valence-corrected chi connectivity index (χ2v) is 4.60. The highest BCUT2D eigenvalue weighted by Crippen LogP contribution is 2.25. The third kappa shape index (κ3) is 8.03. The number of hydrogen-bond donors (Lipinski definition) is 2. The Kier molecular flexibility index (Phi) is 6.46. The van der Waals surface area contributed by atoms with E-state index in [2.05, 4.69) is 5.32 Å². The van der Waals surface area contributed by atoms with Gasteiger partial charge in [0.15, 0.2) is 0 Å². The van der Waals surface area contributed by atoms with Crippen LogP contribution in [0.15, 0.2) is 12.2 Å². The molecule has 0 aromatic heterocycles. The number of carboxylic acid groups (broad SMARTS) is 1. The molecule has 0 unspecified atom stereocenters. The van der Waals surface area contributed by atoms with Crippen LogP contribution in [0.3, 0.4) is 0 Å². The first-order valence-electron chi connectivity index (χ1n) is 5.50. The average molecular weight is 227 g/mol. The smallest absolute Gasteiger partial charge is 0.303 e. The topological polar surface area (TPSA) is 66.4 Å². The second-order valence-electron chi connectivity index (χ2n) is 4.60. The van der Waals surface area contributed by atoms with E-state index in [4.69, 9.17) is 5.11 Å². The van der Waals surface area contributed by atoms with Gasteiger partial charge in [-0.15, -0.1) is 0 Å². The van der Waals surface area contributed by atoms with Crippen molar-refractivity contribution in [2.24, 2.45) is 5.41 Å². The molecular formula is C12H21NO3. The SMILES string of the molecule is CC=CC(=O)NCCC(C)(C)CCC(=O)O. The van der Waals surface area contributed by atoms with Crippen molar-refractivity contribution >= 4 is 11.9 Å². The maximum atomic E-state index is 11.1. The van der Waals surface area contributed by atoms with Crippen LogP contribution in [0.4, 0.5) is 0 Å². The Morgan fingerprint density at radius 2 is 1.94 bits per heavy atom. The number of nitrogens with one attached hydrogen (secondary N) is 1. The van der Waals surface area contributed by atoms with Crippen molar-refractivity contribution in [3.8, 4) is 0 Å². The lowest BCUT2D eigenvalue weighted by atomic mass is 9.84. The molecule has 0 saturated heterocycles. The van der Waals surface area contributed by atoms with E-state index >= 15 is 0 Å². The van der Waals surface area contributed by atoms with Crippen molar-refractivity contribution in [3.05, 3.63) is 12.2 Å². The quantitative estimate of drug-likeness (QED) is 0.653. The summed E-state index contributed by atoms with van der Waals surface area (Å²) in [6.07, 6.45) is 4.75. The lowest BCUT2D eigenvalue weighted by molar-refractivity contribution is -0.137. The fourth-order valence-electron chi connectivity index (χ4n) is 1.30. The first kappa shape index (κ1) is 14.7. The van der Waals surface area contributed by atoms with Crippen molar-refractivity contribution < 1.29 is 14.7 Å². The molecule has 0 aliphatic carbocycles. The van der Waals surface area contributed by atoms with Crippen LogP contribution in [0.25, 0.3) is 0 Å². The number of hydrogen-bond acceptors (Lipinski definition) is 2. The molecule has 0 heterocycles. The first-order valence-corrected chi connectivity index (χ1v) is 5.50. The van der Waals surface area contributed by atoms with Gasteiger partial charge >= 0.3 is 5.97 Å². The van der Waals surface area contributed by atoms with E-state index in [9.17, 15) is 9.59 Å². The lowest BCUT2D eigenvalue weighted by Crippen LogP contribution is -2.27. The number of amides is 1. The number of carbonyl (C=O) groups is 2. The molecule has 0 radical (unpaired) electrons. The van der Waals surface area contributed by atoms with Gasteiger partial charge in [-0.1, -0.05) is 19.9 Å². The minimum absolute atomic E-state index is 0.0540. The van der Waals surface area contributed by atoms with Crippen LogP contribution >= 0.6 is 0 Å². The minimum Gasteiger partial charge on any atom is -0.481 e. The van der Waals surface area contributed by atoms with Crippen molar-refractivity contribution in [2.45, 2.75) is 40.0 Å². The number of carboxylic acids is 1. The van der Waals surface area contributed by atoms with E-state index in [1.54, 1.807) is 13.0 Å². The van der Waals surface area contributed by atoms with Gasteiger partial charge in [-0.3, -0.25) is 9.59 Å². The molecule has 0 aliphatic rings. The molecule has 0 saturated carbocycles. The molecule has 4 heteroatoms. The molecule has 0 spiro atoms. The van der Waals surface area contributed by atoms with E-state index in [-0.39, 0.29) is 17.7 Å². The third-order valence-electron chi connectivity index (χ3n) is 2.43. The highest BCUT2D eigenvalue weighted by Gasteiger charge is 2.18. The van der Waals surface area contributed by atoms with E-state index < -0.39 is 5.97 Å². The summed E-state index contributed by atoms with van der Waals surface area (Å²) in [6.45, 7) is 6.39. The van der Waals surface area contributed by atoms with Crippen molar-refractivity contribution in [3.63, 3.8) is 0 Å². The largest absolute Gasteiger partial charge is 0.481 e. The molecule has 0 aromatic carbocycles. The normalized spacial score (nSPS) is 11.7. The maximum absolute atomic E-state index is 11.1. The predicted octanol–water partition coefficient (Wildman–Crippen LogP) is 1.96. The molecule has 2 N–H and O–H groups in total. The van der Waals surface area contributed by atoms with Crippen molar-refractivity contribution in [1.29, 1.82) is 0 Å². The maximum Gasteiger partial charge on any atom is 0.303 e. The fraction of sp³-hybridized carbons (Fsp3) is 0.667. The molecule has 0 rings (SSSR count). The van der Waals surface area contributed by atoms with Crippen LogP contribution in [-0.4, -0.2) is 23.5 Å². The van der Waals surface area contributed by atoms with Crippen LogP contribution in [-0.2, 0) is 9.59 Å². The van der Waals surface area contributed by atoms with Gasteiger partial charge in [-0.25, -0.2) is 0 Å². The van der Waals surface area contributed by atoms with Gasteiger partial charge in [0.2, 0.25) is 5.91 Å². The predicted molar refractivity (Wildman–Crippen MR) is 63.1 cm³/mol. The summed E-state index contributed by atoms with van der Waals surface area (Å²) in [4.78, 5) is 21.5. The molecular weight excluding hydrogens is 206 g/mol. The van der Waals surface area contributed by atoms with E-state index in [0.29, 0.717) is 13.0 Å². The summed E-state index contributed by atoms with van der Waals surface area (Å²) < 4.78 is 0. The average Bonchev–Trinajstić information content (AvgIpc) is 2.15. The summed E-state index contributed by atoms with van der Waals surface area (Å²) >= 11 is 0. The van der Waals surface area contributed by atoms with E-state index in [1.165, 1.54) is 6.08 Å². The monoisotopic (exact) mass is 227 g/mol. The molecule has 0 aromatic rings. The van der Waals surface area contributed by atoms with Gasteiger partial charge in [0.1, 0.15) is 0 Å². The van der Waals surface area contributed by atoms with Crippen LogP contribution in [0.5, 0.6) is 0 Å². The minimum atomic E-state index is -0.772. The van der Waals surface area contributed by atoms with Gasteiger partial charge in [0.05, 0.1) is 0 Å². The van der Waals surface area contributed by atoms with Crippen LogP contribution in [0.2, 0.25) is 0 Å². The Bertz CT molecular complexity index is 269. The molecule has 16 heavy (non-hydrogen) atoms. The fourth-order valence-corrected chi connectivity index (χ4v) is 1.30. The number of rotatable bonds is 7. The van der Waals surface area contributed by atoms with Gasteiger partial charge < -0.3 is 10.4 Å². The van der Waals surface area contributed by atoms with Crippen LogP contribution in [0.1, 0.15) is 40.0 Å². The Labute approximate surface area is 96.7 Å². The van der Waals surface area contributed by atoms with Crippen molar-refractivity contribution in [1.82, 2.24) is 5.32 Å². The molecule has 92 valence electrons. The second kappa shape index (κ2) is 7.04. The van der Waals surface area contributed by atoms with Crippen molar-refractivity contribution in [2.75, 3.05) is 6.54 Å². The van der Waals surface area contributed by atoms with E-state index in [1.807, 2.05) is 13.8 Å². The summed E-state index contributed by atoms with van der Waals surface area (Å²) in [5.74, 6) is -0.873. The molecule has 1 amide bonds. The summed E-state index contributed by atoms with van der Waals surface area (Å²) in [5, 5.41) is 11.3. The van der Waals surface area contributed by atoms with Crippen LogP contribution < -0.4 is 5.32 Å². The number of aliphatic carboxylic acids is 1. The summed E-state index contributed by atoms with van der Waals surface area (Å²) in [7, 11) is 0. The molecule has 0 fully saturated rings. The number of allylic oxidation sites excluding steroid dienone is 1. The molecule has 0 aliphatic heterocycles. The third-order valence-corrected chi connectivity index (χ3v) is 2.43. The Balaban J connectivity index is 3.81. The standard InChI is InChI=1S/C12H21NO3/c1-4-5-10(14)13-9-8-12(2,3)7-6-11(15)16/h4-5H,6-9H2,1-3H3,(H,13,14)(H,15,16). The summed E-state index contributed by atoms with van der Waals surface area (Å²) in [5.41, 5.74) is -0.0540. The van der Waals surface area contributed by atoms with Crippen LogP contribution in [0, 0.1) is 5.41 Å². The molecule has 0 bridgehead atoms. The van der Waals surface area contributed by atoms with Gasteiger partial charge in [-0.05, 0) is 31.3 Å². The zero-order valence-corrected chi connectivity index (χ0v) is 10.2. The highest BCUT2D eigenvalue weighted by molar-refractivity contribution is 5.87. The van der Waals surface area contributed by atoms with Gasteiger partial charge in [0.25, 0.3) is 0 Å². The Morgan fingerprint density at radius 3 is 2.44 bits per heavy atom. The Morgan fingerprint density at radius 1 is 1.31 bits per heavy atom. The Hall–Kier alpha value is -1.32. The number of carbonyl (C=O) groups excluding carboxylic acids is 1. The zero-order chi connectivity index (χ0) is 12.6. The van der Waals surface area contributed by atoms with Gasteiger partial charge in [0, 0.05) is 13.0 Å². The highest BCUT2D eigenvalue weighted by atomic mass is 16.4. The first-order chi connectivity index (χ1) is 7.37. The molecule has 0 atom stereocenters. The zero-order valence-electron chi connectivity index (χ0n) is 10.2. The lowest BCUT2D eigenvalue weighted by Gasteiger charge is -2.23.